The number of benzene rings is 2. The van der Waals surface area contributed by atoms with Crippen molar-refractivity contribution in [3.05, 3.63) is 106 Å². The van der Waals surface area contributed by atoms with Crippen molar-refractivity contribution in [3.63, 3.8) is 0 Å². The largest absolute Gasteiger partial charge is 0.487 e. The lowest BCUT2D eigenvalue weighted by Gasteiger charge is -2.09. The third-order valence-electron chi connectivity index (χ3n) is 4.48. The van der Waals surface area contributed by atoms with Gasteiger partial charge < -0.3 is 10.1 Å². The summed E-state index contributed by atoms with van der Waals surface area (Å²) in [7, 11) is 0. The van der Waals surface area contributed by atoms with E-state index in [2.05, 4.69) is 10.3 Å². The van der Waals surface area contributed by atoms with Crippen LogP contribution in [0.4, 0.5) is 10.1 Å². The van der Waals surface area contributed by atoms with Crippen LogP contribution in [0.2, 0.25) is 0 Å². The van der Waals surface area contributed by atoms with Gasteiger partial charge in [-0.1, -0.05) is 0 Å². The Hall–Kier alpha value is -4.00. The third-order valence-corrected chi connectivity index (χ3v) is 4.48. The topological polar surface area (TPSA) is 72.7 Å². The second-order valence-electron chi connectivity index (χ2n) is 6.79. The molecule has 30 heavy (non-hydrogen) atoms. The van der Waals surface area contributed by atoms with Gasteiger partial charge in [0.15, 0.2) is 0 Å². The molecule has 0 unspecified atom stereocenters. The van der Waals surface area contributed by atoms with E-state index in [0.717, 1.165) is 5.56 Å². The summed E-state index contributed by atoms with van der Waals surface area (Å²) in [5, 5.41) is 2.74. The fourth-order valence-corrected chi connectivity index (χ4v) is 2.92. The SMILES string of the molecule is Cc1ccn2c(=O)cc(COc3ccc(NC(=O)c4ccc(F)cc4)cc3)nc2c1. The van der Waals surface area contributed by atoms with Gasteiger partial charge in [0.2, 0.25) is 0 Å². The summed E-state index contributed by atoms with van der Waals surface area (Å²) < 4.78 is 20.2. The van der Waals surface area contributed by atoms with Crippen molar-refractivity contribution in [2.24, 2.45) is 0 Å². The van der Waals surface area contributed by atoms with Gasteiger partial charge in [-0.05, 0) is 73.2 Å². The molecule has 0 aliphatic rings. The Bertz CT molecular complexity index is 1270. The van der Waals surface area contributed by atoms with Crippen molar-refractivity contribution in [2.75, 3.05) is 5.32 Å². The van der Waals surface area contributed by atoms with Crippen LogP contribution in [-0.4, -0.2) is 15.3 Å². The van der Waals surface area contributed by atoms with E-state index in [4.69, 9.17) is 4.74 Å². The minimum Gasteiger partial charge on any atom is -0.487 e. The first kappa shape index (κ1) is 19.3. The number of pyridine rings is 1. The van der Waals surface area contributed by atoms with Gasteiger partial charge in [-0.15, -0.1) is 0 Å². The molecular formula is C23H18FN3O3. The van der Waals surface area contributed by atoms with Crippen LogP contribution in [0.1, 0.15) is 21.6 Å². The number of fused-ring (bicyclic) bond motifs is 1. The quantitative estimate of drug-likeness (QED) is 0.547. The molecule has 0 atom stereocenters. The monoisotopic (exact) mass is 403 g/mol. The number of aryl methyl sites for hydroxylation is 1. The molecule has 7 heteroatoms. The van der Waals surface area contributed by atoms with Crippen molar-refractivity contribution in [1.29, 1.82) is 0 Å². The number of amides is 1. The molecule has 0 fully saturated rings. The maximum absolute atomic E-state index is 13.0. The average Bonchev–Trinajstić information content (AvgIpc) is 2.73. The summed E-state index contributed by atoms with van der Waals surface area (Å²) in [5.74, 6) is -0.160. The zero-order valence-electron chi connectivity index (χ0n) is 16.1. The lowest BCUT2D eigenvalue weighted by Crippen LogP contribution is -2.16. The molecule has 2 aromatic carbocycles. The van der Waals surface area contributed by atoms with Crippen molar-refractivity contribution in [2.45, 2.75) is 13.5 Å². The summed E-state index contributed by atoms with van der Waals surface area (Å²) in [6, 6.07) is 17.2. The molecule has 0 spiro atoms. The zero-order valence-corrected chi connectivity index (χ0v) is 16.1. The van der Waals surface area contributed by atoms with E-state index in [1.54, 1.807) is 30.5 Å². The van der Waals surface area contributed by atoms with Crippen LogP contribution in [0.15, 0.2) is 77.7 Å². The van der Waals surface area contributed by atoms with Gasteiger partial charge in [0.25, 0.3) is 11.5 Å². The van der Waals surface area contributed by atoms with Crippen molar-refractivity contribution < 1.29 is 13.9 Å². The molecule has 0 radical (unpaired) electrons. The fraction of sp³-hybridized carbons (Fsp3) is 0.0870. The molecule has 4 rings (SSSR count). The number of rotatable bonds is 5. The second-order valence-corrected chi connectivity index (χ2v) is 6.79. The minimum atomic E-state index is -0.396. The van der Waals surface area contributed by atoms with Gasteiger partial charge in [-0.3, -0.25) is 14.0 Å². The van der Waals surface area contributed by atoms with Crippen LogP contribution in [0, 0.1) is 12.7 Å². The van der Waals surface area contributed by atoms with Crippen molar-refractivity contribution >= 4 is 17.2 Å². The van der Waals surface area contributed by atoms with Gasteiger partial charge in [0, 0.05) is 23.5 Å². The van der Waals surface area contributed by atoms with E-state index in [1.165, 1.54) is 34.7 Å². The number of hydrogen-bond acceptors (Lipinski definition) is 4. The summed E-state index contributed by atoms with van der Waals surface area (Å²) in [6.45, 7) is 2.08. The first-order valence-electron chi connectivity index (χ1n) is 9.27. The molecule has 0 saturated heterocycles. The molecule has 1 N–H and O–H groups in total. The molecule has 2 aromatic heterocycles. The smallest absolute Gasteiger partial charge is 0.258 e. The molecular weight excluding hydrogens is 385 g/mol. The van der Waals surface area contributed by atoms with Crippen molar-refractivity contribution in [3.8, 4) is 5.75 Å². The maximum atomic E-state index is 13.0. The molecule has 150 valence electrons. The van der Waals surface area contributed by atoms with Crippen molar-refractivity contribution in [1.82, 2.24) is 9.38 Å². The number of carbonyl (C=O) groups excluding carboxylic acids is 1. The van der Waals surface area contributed by atoms with Gasteiger partial charge >= 0.3 is 0 Å². The second kappa shape index (κ2) is 8.16. The van der Waals surface area contributed by atoms with E-state index >= 15 is 0 Å². The van der Waals surface area contributed by atoms with Crippen LogP contribution in [0.5, 0.6) is 5.75 Å². The summed E-state index contributed by atoms with van der Waals surface area (Å²) in [4.78, 5) is 28.9. The number of nitrogens with one attached hydrogen (secondary N) is 1. The molecule has 1 amide bonds. The normalized spacial score (nSPS) is 10.7. The van der Waals surface area contributed by atoms with Gasteiger partial charge in [0.1, 0.15) is 23.8 Å². The first-order chi connectivity index (χ1) is 14.5. The molecule has 6 nitrogen and oxygen atoms in total. The number of hydrogen-bond donors (Lipinski definition) is 1. The molecule has 0 aliphatic heterocycles. The van der Waals surface area contributed by atoms with Gasteiger partial charge in [-0.2, -0.15) is 0 Å². The highest BCUT2D eigenvalue weighted by Crippen LogP contribution is 2.18. The number of carbonyl (C=O) groups is 1. The molecule has 2 heterocycles. The van der Waals surface area contributed by atoms with Crippen LogP contribution in [0.3, 0.4) is 0 Å². The van der Waals surface area contributed by atoms with Crippen LogP contribution in [-0.2, 0) is 6.61 Å². The molecule has 0 saturated carbocycles. The number of aromatic nitrogens is 2. The van der Waals surface area contributed by atoms with E-state index < -0.39 is 5.82 Å². The standard InChI is InChI=1S/C23H18FN3O3/c1-15-10-11-27-21(12-15)25-19(13-22(27)28)14-30-20-8-6-18(7-9-20)26-23(29)16-2-4-17(24)5-3-16/h2-13H,14H2,1H3,(H,26,29). The number of halogens is 1. The first-order valence-corrected chi connectivity index (χ1v) is 9.27. The fourth-order valence-electron chi connectivity index (χ4n) is 2.92. The molecule has 4 aromatic rings. The maximum Gasteiger partial charge on any atom is 0.258 e. The highest BCUT2D eigenvalue weighted by Gasteiger charge is 2.07. The Labute approximate surface area is 171 Å². The highest BCUT2D eigenvalue weighted by molar-refractivity contribution is 6.04. The van der Waals surface area contributed by atoms with Crippen LogP contribution < -0.4 is 15.6 Å². The van der Waals surface area contributed by atoms with Crippen LogP contribution in [0.25, 0.3) is 5.65 Å². The zero-order chi connectivity index (χ0) is 21.1. The highest BCUT2D eigenvalue weighted by atomic mass is 19.1. The Kier molecular flexibility index (Phi) is 5.26. The number of nitrogens with zero attached hydrogens (tertiary/aromatic N) is 2. The van der Waals surface area contributed by atoms with Crippen LogP contribution >= 0.6 is 0 Å². The molecule has 0 bridgehead atoms. The predicted octanol–water partition coefficient (Wildman–Crippen LogP) is 3.97. The summed E-state index contributed by atoms with van der Waals surface area (Å²) in [5.41, 5.74) is 2.88. The Morgan fingerprint density at radius 1 is 1.07 bits per heavy atom. The summed E-state index contributed by atoms with van der Waals surface area (Å²) in [6.07, 6.45) is 1.70. The Balaban J connectivity index is 1.41. The molecule has 0 aliphatic carbocycles. The van der Waals surface area contributed by atoms with E-state index in [1.807, 2.05) is 19.1 Å². The third kappa shape index (κ3) is 4.35. The van der Waals surface area contributed by atoms with Gasteiger partial charge in [-0.25, -0.2) is 9.37 Å². The minimum absolute atomic E-state index is 0.140. The number of ether oxygens (including phenoxy) is 1. The lowest BCUT2D eigenvalue weighted by atomic mass is 10.2. The lowest BCUT2D eigenvalue weighted by molar-refractivity contribution is 0.102. The average molecular weight is 403 g/mol. The predicted molar refractivity (Wildman–Crippen MR) is 111 cm³/mol. The van der Waals surface area contributed by atoms with E-state index in [-0.39, 0.29) is 18.1 Å². The van der Waals surface area contributed by atoms with E-state index in [0.29, 0.717) is 28.3 Å². The van der Waals surface area contributed by atoms with Gasteiger partial charge in [0.05, 0.1) is 5.69 Å². The number of anilines is 1. The Morgan fingerprint density at radius 2 is 1.80 bits per heavy atom. The summed E-state index contributed by atoms with van der Waals surface area (Å²) >= 11 is 0. The van der Waals surface area contributed by atoms with E-state index in [9.17, 15) is 14.0 Å². The Morgan fingerprint density at radius 3 is 2.53 bits per heavy atom.